The first kappa shape index (κ1) is 22.0. The second kappa shape index (κ2) is 9.12. The molecule has 0 saturated heterocycles. The summed E-state index contributed by atoms with van der Waals surface area (Å²) in [6.07, 6.45) is 0.507. The van der Waals surface area contributed by atoms with Gasteiger partial charge in [-0.1, -0.05) is 46.3 Å². The van der Waals surface area contributed by atoms with Crippen molar-refractivity contribution in [1.29, 1.82) is 0 Å². The van der Waals surface area contributed by atoms with E-state index in [1.165, 1.54) is 12.0 Å². The molecule has 0 unspecified atom stereocenters. The maximum absolute atomic E-state index is 13.3. The van der Waals surface area contributed by atoms with Crippen molar-refractivity contribution in [2.45, 2.75) is 31.3 Å². The smallest absolute Gasteiger partial charge is 0.407 e. The number of carbonyl (C=O) groups excluding carboxylic acids is 4. The van der Waals surface area contributed by atoms with Crippen LogP contribution in [0.25, 0.3) is 0 Å². The molecular weight excluding hydrogens is 480 g/mol. The largest absolute Gasteiger partial charge is 0.456 e. The average molecular weight is 501 g/mol. The normalized spacial score (nSPS) is 19.1. The second-order valence-electron chi connectivity index (χ2n) is 7.62. The molecule has 8 nitrogen and oxygen atoms in total. The van der Waals surface area contributed by atoms with Gasteiger partial charge in [0.2, 0.25) is 0 Å². The van der Waals surface area contributed by atoms with E-state index in [4.69, 9.17) is 4.74 Å². The summed E-state index contributed by atoms with van der Waals surface area (Å²) >= 11 is 3.31. The Morgan fingerprint density at radius 2 is 1.84 bits per heavy atom. The number of alkyl carbamates (subject to hydrolysis) is 1. The Hall–Kier alpha value is -3.20. The SMILES string of the molecule is COC(=O)N[C@H]1CCc2cccc3c2N(C1=O)[C@H](C(=O)OCC(=O)c1ccc(Br)cc1)C3. The van der Waals surface area contributed by atoms with E-state index in [2.05, 4.69) is 26.0 Å². The van der Waals surface area contributed by atoms with Crippen molar-refractivity contribution in [3.63, 3.8) is 0 Å². The number of esters is 1. The van der Waals surface area contributed by atoms with Gasteiger partial charge >= 0.3 is 12.1 Å². The lowest BCUT2D eigenvalue weighted by atomic mass is 10.0. The van der Waals surface area contributed by atoms with Crippen LogP contribution < -0.4 is 10.2 Å². The summed E-state index contributed by atoms with van der Waals surface area (Å²) in [6, 6.07) is 10.7. The lowest BCUT2D eigenvalue weighted by molar-refractivity contribution is -0.145. The minimum atomic E-state index is -0.906. The van der Waals surface area contributed by atoms with Gasteiger partial charge in [0.05, 0.1) is 12.8 Å². The monoisotopic (exact) mass is 500 g/mol. The summed E-state index contributed by atoms with van der Waals surface area (Å²) in [5.41, 5.74) is 2.89. The predicted molar refractivity (Wildman–Crippen MR) is 119 cm³/mol. The van der Waals surface area contributed by atoms with Gasteiger partial charge in [0.25, 0.3) is 5.91 Å². The van der Waals surface area contributed by atoms with Crippen LogP contribution in [0.4, 0.5) is 10.5 Å². The number of carbonyl (C=O) groups is 4. The Labute approximate surface area is 193 Å². The molecule has 2 aromatic rings. The maximum atomic E-state index is 13.3. The summed E-state index contributed by atoms with van der Waals surface area (Å²) in [7, 11) is 1.22. The number of amides is 2. The van der Waals surface area contributed by atoms with Gasteiger partial charge in [-0.05, 0) is 36.1 Å². The zero-order valence-electron chi connectivity index (χ0n) is 17.3. The van der Waals surface area contributed by atoms with Crippen molar-refractivity contribution in [2.24, 2.45) is 0 Å². The standard InChI is InChI=1S/C23H21BrN2O6/c1-31-23(30)25-17-10-7-14-3-2-4-15-11-18(26(20(14)15)21(17)28)22(29)32-12-19(27)13-5-8-16(24)9-6-13/h2-6,8-9,17-18H,7,10-12H2,1H3,(H,25,30)/t17-,18-/m0/s1. The van der Waals surface area contributed by atoms with Gasteiger partial charge in [0, 0.05) is 16.5 Å². The number of ether oxygens (including phenoxy) is 2. The van der Waals surface area contributed by atoms with E-state index in [-0.39, 0.29) is 12.2 Å². The topological polar surface area (TPSA) is 102 Å². The summed E-state index contributed by atoms with van der Waals surface area (Å²) in [6.45, 7) is -0.425. The number of nitrogens with one attached hydrogen (secondary N) is 1. The summed E-state index contributed by atoms with van der Waals surface area (Å²) in [5.74, 6) is -1.40. The number of para-hydroxylation sites is 1. The Bertz CT molecular complexity index is 1080. The van der Waals surface area contributed by atoms with Crippen molar-refractivity contribution < 1.29 is 28.7 Å². The fourth-order valence-electron chi connectivity index (χ4n) is 4.11. The molecule has 0 aromatic heterocycles. The molecule has 4 rings (SSSR count). The van der Waals surface area contributed by atoms with Crippen LogP contribution in [0.3, 0.4) is 0 Å². The fourth-order valence-corrected chi connectivity index (χ4v) is 4.37. The molecular formula is C23H21BrN2O6. The van der Waals surface area contributed by atoms with Crippen molar-refractivity contribution in [1.82, 2.24) is 5.32 Å². The number of ketones is 1. The summed E-state index contributed by atoms with van der Waals surface area (Å²) in [5, 5.41) is 2.55. The quantitative estimate of drug-likeness (QED) is 0.500. The van der Waals surface area contributed by atoms with Gasteiger partial charge in [0.1, 0.15) is 12.1 Å². The van der Waals surface area contributed by atoms with Gasteiger partial charge < -0.3 is 14.8 Å². The molecule has 32 heavy (non-hydrogen) atoms. The lowest BCUT2D eigenvalue weighted by Gasteiger charge is -2.27. The third-order valence-electron chi connectivity index (χ3n) is 5.67. The first-order valence-electron chi connectivity index (χ1n) is 10.1. The van der Waals surface area contributed by atoms with Gasteiger partial charge in [-0.15, -0.1) is 0 Å². The molecule has 2 heterocycles. The molecule has 2 aromatic carbocycles. The zero-order valence-corrected chi connectivity index (χ0v) is 18.9. The van der Waals surface area contributed by atoms with Crippen molar-refractivity contribution in [2.75, 3.05) is 18.6 Å². The summed E-state index contributed by atoms with van der Waals surface area (Å²) in [4.78, 5) is 51.8. The van der Waals surface area contributed by atoms with Crippen molar-refractivity contribution in [3.05, 3.63) is 63.6 Å². The Kier molecular flexibility index (Phi) is 6.27. The third kappa shape index (κ3) is 4.25. The molecule has 2 aliphatic rings. The first-order valence-corrected chi connectivity index (χ1v) is 10.9. The molecule has 0 aliphatic carbocycles. The Morgan fingerprint density at radius 1 is 1.12 bits per heavy atom. The van der Waals surface area contributed by atoms with E-state index in [1.807, 2.05) is 18.2 Å². The number of Topliss-reactive ketones (excluding diaryl/α,β-unsaturated/α-hetero) is 1. The van der Waals surface area contributed by atoms with Crippen LogP contribution in [-0.4, -0.2) is 49.6 Å². The number of nitrogens with zero attached hydrogens (tertiary/aromatic N) is 1. The minimum Gasteiger partial charge on any atom is -0.456 e. The predicted octanol–water partition coefficient (Wildman–Crippen LogP) is 2.80. The Balaban J connectivity index is 1.53. The molecule has 2 aliphatic heterocycles. The molecule has 0 saturated carbocycles. The number of rotatable bonds is 5. The van der Waals surface area contributed by atoms with Crippen LogP contribution in [0.2, 0.25) is 0 Å². The van der Waals surface area contributed by atoms with E-state index in [1.54, 1.807) is 24.3 Å². The molecule has 0 fully saturated rings. The highest BCUT2D eigenvalue weighted by atomic mass is 79.9. The lowest BCUT2D eigenvalue weighted by Crippen LogP contribution is -2.52. The number of hydrogen-bond acceptors (Lipinski definition) is 6. The van der Waals surface area contributed by atoms with Crippen LogP contribution in [-0.2, 0) is 31.9 Å². The summed E-state index contributed by atoms with van der Waals surface area (Å²) < 4.78 is 10.8. The molecule has 2 atom stereocenters. The van der Waals surface area contributed by atoms with Gasteiger partial charge in [-0.2, -0.15) is 0 Å². The zero-order chi connectivity index (χ0) is 22.8. The number of halogens is 1. The molecule has 1 N–H and O–H groups in total. The van der Waals surface area contributed by atoms with E-state index >= 15 is 0 Å². The van der Waals surface area contributed by atoms with Crippen LogP contribution >= 0.6 is 15.9 Å². The van der Waals surface area contributed by atoms with Crippen LogP contribution in [0.15, 0.2) is 46.9 Å². The number of benzene rings is 2. The van der Waals surface area contributed by atoms with Crippen molar-refractivity contribution >= 4 is 45.4 Å². The average Bonchev–Trinajstić information content (AvgIpc) is 3.13. The van der Waals surface area contributed by atoms with Gasteiger partial charge in [0.15, 0.2) is 12.4 Å². The highest BCUT2D eigenvalue weighted by molar-refractivity contribution is 9.10. The molecule has 0 spiro atoms. The van der Waals surface area contributed by atoms with Gasteiger partial charge in [-0.25, -0.2) is 9.59 Å². The molecule has 0 radical (unpaired) electrons. The third-order valence-corrected chi connectivity index (χ3v) is 6.20. The van der Waals surface area contributed by atoms with E-state index in [0.29, 0.717) is 24.1 Å². The first-order chi connectivity index (χ1) is 15.4. The van der Waals surface area contributed by atoms with Crippen LogP contribution in [0.5, 0.6) is 0 Å². The number of hydrogen-bond donors (Lipinski definition) is 1. The van der Waals surface area contributed by atoms with E-state index in [0.717, 1.165) is 15.6 Å². The number of aryl methyl sites for hydroxylation is 1. The highest BCUT2D eigenvalue weighted by Gasteiger charge is 2.44. The van der Waals surface area contributed by atoms with E-state index in [9.17, 15) is 19.2 Å². The van der Waals surface area contributed by atoms with Crippen LogP contribution in [0, 0.1) is 0 Å². The van der Waals surface area contributed by atoms with Gasteiger partial charge in [-0.3, -0.25) is 14.5 Å². The molecule has 9 heteroatoms. The Morgan fingerprint density at radius 3 is 2.56 bits per heavy atom. The fraction of sp³-hybridized carbons (Fsp3) is 0.304. The maximum Gasteiger partial charge on any atom is 0.407 e. The number of anilines is 1. The van der Waals surface area contributed by atoms with Crippen molar-refractivity contribution in [3.8, 4) is 0 Å². The molecule has 2 amide bonds. The van der Waals surface area contributed by atoms with Crippen LogP contribution in [0.1, 0.15) is 27.9 Å². The highest BCUT2D eigenvalue weighted by Crippen LogP contribution is 2.39. The van der Waals surface area contributed by atoms with E-state index < -0.39 is 36.7 Å². The molecule has 166 valence electrons. The number of methoxy groups -OCH3 is 1. The molecule has 0 bridgehead atoms. The minimum absolute atomic E-state index is 0.283. The second-order valence-corrected chi connectivity index (χ2v) is 8.53.